The summed E-state index contributed by atoms with van der Waals surface area (Å²) in [6, 6.07) is 0.0872. The molecule has 3 amide bonds. The second-order valence-electron chi connectivity index (χ2n) is 7.28. The number of hydroxylamine groups is 1. The fraction of sp³-hybridized carbons (Fsp3) is 0.765. The first-order valence-corrected chi connectivity index (χ1v) is 12.5. The number of amides is 3. The summed E-state index contributed by atoms with van der Waals surface area (Å²) >= 11 is 1.78. The van der Waals surface area contributed by atoms with Crippen molar-refractivity contribution in [2.75, 3.05) is 19.0 Å². The maximum absolute atomic E-state index is 11.9. The number of rotatable bonds is 13. The molecule has 0 spiro atoms. The van der Waals surface area contributed by atoms with Crippen LogP contribution >= 0.6 is 19.6 Å². The van der Waals surface area contributed by atoms with Crippen molar-refractivity contribution in [3.8, 4) is 0 Å². The molecule has 2 heterocycles. The average molecular weight is 497 g/mol. The van der Waals surface area contributed by atoms with Gasteiger partial charge in [-0.1, -0.05) is 6.42 Å². The Morgan fingerprint density at radius 1 is 1.22 bits per heavy atom. The number of thioether (sulfide) groups is 1. The molecule has 2 aliphatic heterocycles. The van der Waals surface area contributed by atoms with E-state index >= 15 is 0 Å². The lowest BCUT2D eigenvalue weighted by Gasteiger charge is -2.18. The van der Waals surface area contributed by atoms with Crippen molar-refractivity contribution in [3.05, 3.63) is 0 Å². The Bertz CT molecular complexity index is 754. The topological polar surface area (TPSA) is 179 Å². The molecular formula is C17H28N3O10PS. The Balaban J connectivity index is 1.62. The first kappa shape index (κ1) is 26.4. The lowest BCUT2D eigenvalue weighted by molar-refractivity contribution is -0.158. The van der Waals surface area contributed by atoms with Gasteiger partial charge in [0.15, 0.2) is 6.10 Å². The van der Waals surface area contributed by atoms with Gasteiger partial charge in [-0.05, 0) is 12.8 Å². The van der Waals surface area contributed by atoms with Crippen molar-refractivity contribution in [2.45, 2.75) is 63.0 Å². The van der Waals surface area contributed by atoms with Crippen LogP contribution in [0.2, 0.25) is 0 Å². The number of ether oxygens (including phenoxy) is 2. The van der Waals surface area contributed by atoms with Crippen LogP contribution in [0.15, 0.2) is 0 Å². The van der Waals surface area contributed by atoms with E-state index in [2.05, 4.69) is 24.5 Å². The second-order valence-corrected chi connectivity index (χ2v) is 9.93. The normalized spacial score (nSPS) is 24.5. The number of hydrogen-bond donors (Lipinski definition) is 4. The molecular weight excluding hydrogens is 469 g/mol. The van der Waals surface area contributed by atoms with Crippen LogP contribution < -0.4 is 16.1 Å². The molecule has 5 atom stereocenters. The van der Waals surface area contributed by atoms with Gasteiger partial charge in [0.05, 0.1) is 18.7 Å². The Kier molecular flexibility index (Phi) is 10.2. The van der Waals surface area contributed by atoms with Gasteiger partial charge in [0.2, 0.25) is 5.91 Å². The van der Waals surface area contributed by atoms with Gasteiger partial charge in [0.1, 0.15) is 6.61 Å². The number of nitrogens with one attached hydrogen (secondary N) is 3. The third-order valence-corrected chi connectivity index (χ3v) is 6.89. The molecule has 0 aromatic heterocycles. The van der Waals surface area contributed by atoms with E-state index in [0.29, 0.717) is 6.42 Å². The molecule has 182 valence electrons. The summed E-state index contributed by atoms with van der Waals surface area (Å²) < 4.78 is 30.5. The predicted molar refractivity (Wildman–Crippen MR) is 111 cm³/mol. The van der Waals surface area contributed by atoms with Gasteiger partial charge in [-0.2, -0.15) is 16.4 Å². The zero-order valence-electron chi connectivity index (χ0n) is 17.7. The summed E-state index contributed by atoms with van der Waals surface area (Å²) in [5, 5.41) is 6.04. The Labute approximate surface area is 189 Å². The largest absolute Gasteiger partial charge is 0.493 e. The Morgan fingerprint density at radius 3 is 2.66 bits per heavy atom. The van der Waals surface area contributed by atoms with Crippen LogP contribution in [0.4, 0.5) is 4.79 Å². The number of fused-ring (bicyclic) bond motifs is 1. The fourth-order valence-corrected chi connectivity index (χ4v) is 5.37. The van der Waals surface area contributed by atoms with Gasteiger partial charge < -0.3 is 25.0 Å². The summed E-state index contributed by atoms with van der Waals surface area (Å²) in [5.74, 6) is -1.08. The molecule has 0 bridgehead atoms. The number of esters is 2. The number of phosphoric ester groups is 1. The smallest absolute Gasteiger partial charge is 0.462 e. The number of carbonyl (C=O) groups excluding carboxylic acids is 4. The highest BCUT2D eigenvalue weighted by Gasteiger charge is 2.42. The van der Waals surface area contributed by atoms with Crippen LogP contribution in [0.25, 0.3) is 0 Å². The zero-order chi connectivity index (χ0) is 23.7. The van der Waals surface area contributed by atoms with Gasteiger partial charge in [0.25, 0.3) is 0 Å². The Morgan fingerprint density at radius 2 is 1.97 bits per heavy atom. The molecule has 2 fully saturated rings. The van der Waals surface area contributed by atoms with Crippen LogP contribution in [0.3, 0.4) is 0 Å². The number of carbonyl (C=O) groups is 4. The molecule has 13 nitrogen and oxygen atoms in total. The molecule has 2 aliphatic rings. The first-order chi connectivity index (χ1) is 15.1. The predicted octanol–water partition coefficient (Wildman–Crippen LogP) is 0.372. The van der Waals surface area contributed by atoms with E-state index < -0.39 is 38.4 Å². The van der Waals surface area contributed by atoms with Crippen molar-refractivity contribution in [1.82, 2.24) is 16.1 Å². The molecule has 2 saturated heterocycles. The van der Waals surface area contributed by atoms with Gasteiger partial charge in [-0.15, -0.1) is 0 Å². The van der Waals surface area contributed by atoms with E-state index in [9.17, 15) is 28.6 Å². The van der Waals surface area contributed by atoms with Gasteiger partial charge >= 0.3 is 25.8 Å². The number of unbranched alkanes of at least 4 members (excludes halogenated alkanes) is 1. The molecule has 32 heavy (non-hydrogen) atoms. The van der Waals surface area contributed by atoms with Crippen LogP contribution in [0.1, 0.15) is 39.5 Å². The maximum Gasteiger partial charge on any atom is 0.493 e. The van der Waals surface area contributed by atoms with Crippen molar-refractivity contribution >= 4 is 43.5 Å². The Hall–Kier alpha value is -1.86. The van der Waals surface area contributed by atoms with E-state index in [1.54, 1.807) is 11.8 Å². The number of phosphoric acid groups is 1. The third kappa shape index (κ3) is 9.33. The van der Waals surface area contributed by atoms with Gasteiger partial charge in [0, 0.05) is 31.3 Å². The SMILES string of the molecule is CC(=O)OCC(COP(=O)(O)ONC(=O)CCCCC1SC[C@@H]2NC(=O)N[C@H]12)OC(C)=O. The standard InChI is InChI=1S/C17H28N3O10PS/c1-10(21)27-7-12(29-11(2)22)8-28-31(25,26)30-20-15(23)6-4-3-5-14-16-13(9-32-14)18-17(24)19-16/h12-14,16H,3-9H2,1-2H3,(H,20,23)(H,25,26)(H2,18,19,24)/t12?,13-,14?,16-/m0/s1. The van der Waals surface area contributed by atoms with Crippen molar-refractivity contribution in [3.63, 3.8) is 0 Å². The van der Waals surface area contributed by atoms with Gasteiger partial charge in [-0.3, -0.25) is 18.9 Å². The number of hydrogen-bond acceptors (Lipinski definition) is 10. The maximum atomic E-state index is 11.9. The summed E-state index contributed by atoms with van der Waals surface area (Å²) in [6.45, 7) is 1.29. The average Bonchev–Trinajstić information content (AvgIpc) is 3.25. The first-order valence-electron chi connectivity index (χ1n) is 9.99. The molecule has 15 heteroatoms. The van der Waals surface area contributed by atoms with Crippen molar-refractivity contribution < 1.29 is 47.3 Å². The van der Waals surface area contributed by atoms with Crippen molar-refractivity contribution in [2.24, 2.45) is 0 Å². The molecule has 0 aliphatic carbocycles. The molecule has 2 rings (SSSR count). The van der Waals surface area contributed by atoms with Crippen LogP contribution in [0.5, 0.6) is 0 Å². The van der Waals surface area contributed by atoms with E-state index in [4.69, 9.17) is 4.74 Å². The summed E-state index contributed by atoms with van der Waals surface area (Å²) in [6.07, 6.45) is 1.03. The number of urea groups is 1. The van der Waals surface area contributed by atoms with E-state index in [1.807, 2.05) is 5.48 Å². The van der Waals surface area contributed by atoms with Crippen molar-refractivity contribution in [1.29, 1.82) is 0 Å². The van der Waals surface area contributed by atoms with E-state index in [1.165, 1.54) is 0 Å². The minimum Gasteiger partial charge on any atom is -0.462 e. The minimum atomic E-state index is -4.68. The molecule has 4 N–H and O–H groups in total. The highest BCUT2D eigenvalue weighted by atomic mass is 32.2. The lowest BCUT2D eigenvalue weighted by Crippen LogP contribution is -2.36. The van der Waals surface area contributed by atoms with E-state index in [0.717, 1.165) is 32.4 Å². The quantitative estimate of drug-likeness (QED) is 0.0908. The minimum absolute atomic E-state index is 0.0681. The second kappa shape index (κ2) is 12.4. The molecule has 0 aromatic rings. The summed E-state index contributed by atoms with van der Waals surface area (Å²) in [4.78, 5) is 54.8. The molecule has 0 radical (unpaired) electrons. The van der Waals surface area contributed by atoms with Gasteiger partial charge in [-0.25, -0.2) is 14.8 Å². The fourth-order valence-electron chi connectivity index (χ4n) is 3.20. The van der Waals surface area contributed by atoms with Crippen LogP contribution in [-0.4, -0.2) is 71.2 Å². The molecule has 0 aromatic carbocycles. The molecule has 3 unspecified atom stereocenters. The molecule has 0 saturated carbocycles. The third-order valence-electron chi connectivity index (χ3n) is 4.58. The summed E-state index contributed by atoms with van der Waals surface area (Å²) in [5.41, 5.74) is 1.87. The van der Waals surface area contributed by atoms with Crippen LogP contribution in [-0.2, 0) is 37.6 Å². The highest BCUT2D eigenvalue weighted by molar-refractivity contribution is 8.00. The monoisotopic (exact) mass is 497 g/mol. The van der Waals surface area contributed by atoms with E-state index in [-0.39, 0.29) is 36.4 Å². The summed E-state index contributed by atoms with van der Waals surface area (Å²) in [7, 11) is -4.68. The zero-order valence-corrected chi connectivity index (χ0v) is 19.4. The lowest BCUT2D eigenvalue weighted by atomic mass is 10.0. The highest BCUT2D eigenvalue weighted by Crippen LogP contribution is 2.42. The van der Waals surface area contributed by atoms with Crippen LogP contribution in [0, 0.1) is 0 Å².